The topological polar surface area (TPSA) is 65.0 Å². The minimum Gasteiger partial charge on any atom is -0.497 e. The highest BCUT2D eigenvalue weighted by Gasteiger charge is 2.24. The van der Waals surface area contributed by atoms with Gasteiger partial charge in [-0.25, -0.2) is 0 Å². The van der Waals surface area contributed by atoms with Gasteiger partial charge >= 0.3 is 5.97 Å². The predicted octanol–water partition coefficient (Wildman–Crippen LogP) is 3.12. The Labute approximate surface area is 135 Å². The molecule has 2 aromatic rings. The molecule has 0 aliphatic carbocycles. The minimum absolute atomic E-state index is 0.350. The van der Waals surface area contributed by atoms with E-state index in [1.54, 1.807) is 32.4 Å². The van der Waals surface area contributed by atoms with Crippen molar-refractivity contribution in [2.45, 2.75) is 12.3 Å². The van der Waals surface area contributed by atoms with Gasteiger partial charge in [-0.3, -0.25) is 4.79 Å². The van der Waals surface area contributed by atoms with E-state index < -0.39 is 11.9 Å². The van der Waals surface area contributed by atoms with Gasteiger partial charge in [-0.15, -0.1) is 0 Å². The van der Waals surface area contributed by atoms with Crippen LogP contribution >= 0.6 is 0 Å². The lowest BCUT2D eigenvalue weighted by molar-refractivity contribution is -0.138. The Morgan fingerprint density at radius 2 is 1.57 bits per heavy atom. The van der Waals surface area contributed by atoms with E-state index in [2.05, 4.69) is 0 Å². The Morgan fingerprint density at radius 3 is 2.09 bits per heavy atom. The number of benzene rings is 2. The van der Waals surface area contributed by atoms with Gasteiger partial charge in [0.15, 0.2) is 0 Å². The van der Waals surface area contributed by atoms with Gasteiger partial charge in [-0.1, -0.05) is 12.1 Å². The van der Waals surface area contributed by atoms with Gasteiger partial charge in [0.1, 0.15) is 17.2 Å². The molecule has 23 heavy (non-hydrogen) atoms. The Hall–Kier alpha value is -2.69. The Kier molecular flexibility index (Phi) is 5.46. The van der Waals surface area contributed by atoms with E-state index in [-0.39, 0.29) is 0 Å². The summed E-state index contributed by atoms with van der Waals surface area (Å²) < 4.78 is 15.6. The molecule has 2 rings (SSSR count). The van der Waals surface area contributed by atoms with Crippen LogP contribution in [0.25, 0.3) is 0 Å². The number of ether oxygens (including phenoxy) is 3. The second-order valence-corrected chi connectivity index (χ2v) is 5.05. The maximum absolute atomic E-state index is 11.8. The Bertz CT molecular complexity index is 664. The molecule has 0 saturated carbocycles. The van der Waals surface area contributed by atoms with Crippen LogP contribution in [0, 0.1) is 0 Å². The first-order valence-electron chi connectivity index (χ1n) is 7.16. The molecule has 2 aromatic carbocycles. The molecule has 0 fully saturated rings. The molecule has 0 bridgehead atoms. The average Bonchev–Trinajstić information content (AvgIpc) is 2.59. The Morgan fingerprint density at radius 1 is 0.957 bits per heavy atom. The maximum Gasteiger partial charge on any atom is 0.311 e. The molecule has 0 aliphatic heterocycles. The van der Waals surface area contributed by atoms with Crippen LogP contribution < -0.4 is 14.2 Å². The van der Waals surface area contributed by atoms with Gasteiger partial charge in [0, 0.05) is 5.56 Å². The highest BCUT2D eigenvalue weighted by molar-refractivity contribution is 5.78. The molecule has 0 aliphatic rings. The van der Waals surface area contributed by atoms with Gasteiger partial charge in [0.2, 0.25) is 0 Å². The van der Waals surface area contributed by atoms with Crippen LogP contribution in [-0.4, -0.2) is 32.4 Å². The van der Waals surface area contributed by atoms with Crippen molar-refractivity contribution in [3.8, 4) is 17.2 Å². The molecule has 0 amide bonds. The molecule has 1 atom stereocenters. The first-order valence-corrected chi connectivity index (χ1v) is 7.16. The summed E-state index contributed by atoms with van der Waals surface area (Å²) in [5.74, 6) is 0.230. The maximum atomic E-state index is 11.8. The van der Waals surface area contributed by atoms with Gasteiger partial charge < -0.3 is 19.3 Å². The highest BCUT2D eigenvalue weighted by Crippen LogP contribution is 2.33. The van der Waals surface area contributed by atoms with Crippen LogP contribution in [-0.2, 0) is 11.2 Å². The fourth-order valence-electron chi connectivity index (χ4n) is 2.44. The summed E-state index contributed by atoms with van der Waals surface area (Å²) >= 11 is 0. The van der Waals surface area contributed by atoms with E-state index in [0.29, 0.717) is 23.5 Å². The molecule has 0 saturated heterocycles. The smallest absolute Gasteiger partial charge is 0.311 e. The van der Waals surface area contributed by atoms with Crippen molar-refractivity contribution in [1.29, 1.82) is 0 Å². The SMILES string of the molecule is COc1ccc(CC(C(=O)O)c2cc(OC)ccc2OC)cc1. The molecule has 1 N–H and O–H groups in total. The van der Waals surface area contributed by atoms with E-state index in [4.69, 9.17) is 14.2 Å². The first kappa shape index (κ1) is 16.7. The lowest BCUT2D eigenvalue weighted by Gasteiger charge is -2.17. The van der Waals surface area contributed by atoms with Crippen molar-refractivity contribution in [2.75, 3.05) is 21.3 Å². The van der Waals surface area contributed by atoms with Crippen LogP contribution in [0.1, 0.15) is 17.0 Å². The quantitative estimate of drug-likeness (QED) is 0.850. The standard InChI is InChI=1S/C18H20O5/c1-21-13-6-4-12(5-7-13)10-16(18(19)20)15-11-14(22-2)8-9-17(15)23-3/h4-9,11,16H,10H2,1-3H3,(H,19,20). The van der Waals surface area contributed by atoms with Gasteiger partial charge in [0.05, 0.1) is 27.2 Å². The highest BCUT2D eigenvalue weighted by atomic mass is 16.5. The van der Waals surface area contributed by atoms with E-state index >= 15 is 0 Å². The lowest BCUT2D eigenvalue weighted by atomic mass is 9.91. The Balaban J connectivity index is 2.35. The molecule has 0 heterocycles. The summed E-state index contributed by atoms with van der Waals surface area (Å²) in [6, 6.07) is 12.5. The van der Waals surface area contributed by atoms with Crippen LogP contribution in [0.3, 0.4) is 0 Å². The van der Waals surface area contributed by atoms with Gasteiger partial charge in [-0.2, -0.15) is 0 Å². The van der Waals surface area contributed by atoms with Crippen LogP contribution in [0.5, 0.6) is 17.2 Å². The molecule has 0 radical (unpaired) electrons. The van der Waals surface area contributed by atoms with Crippen molar-refractivity contribution in [3.05, 3.63) is 53.6 Å². The zero-order valence-electron chi connectivity index (χ0n) is 13.4. The number of aliphatic carboxylic acids is 1. The number of carboxylic acid groups (broad SMARTS) is 1. The van der Waals surface area contributed by atoms with E-state index in [1.807, 2.05) is 24.3 Å². The second kappa shape index (κ2) is 7.54. The number of hydrogen-bond donors (Lipinski definition) is 1. The third kappa shape index (κ3) is 3.94. The van der Waals surface area contributed by atoms with Crippen LogP contribution in [0.2, 0.25) is 0 Å². The largest absolute Gasteiger partial charge is 0.497 e. The summed E-state index contributed by atoms with van der Waals surface area (Å²) in [4.78, 5) is 11.8. The number of carbonyl (C=O) groups is 1. The zero-order valence-corrected chi connectivity index (χ0v) is 13.4. The van der Waals surface area contributed by atoms with Crippen molar-refractivity contribution < 1.29 is 24.1 Å². The number of methoxy groups -OCH3 is 3. The predicted molar refractivity (Wildman–Crippen MR) is 86.6 cm³/mol. The average molecular weight is 316 g/mol. The summed E-state index contributed by atoms with van der Waals surface area (Å²) in [6.07, 6.45) is 0.350. The molecule has 5 heteroatoms. The summed E-state index contributed by atoms with van der Waals surface area (Å²) in [5.41, 5.74) is 1.50. The fraction of sp³-hybridized carbons (Fsp3) is 0.278. The normalized spacial score (nSPS) is 11.6. The molecule has 0 spiro atoms. The summed E-state index contributed by atoms with van der Waals surface area (Å²) in [7, 11) is 4.67. The molecule has 122 valence electrons. The van der Waals surface area contributed by atoms with E-state index in [1.165, 1.54) is 7.11 Å². The van der Waals surface area contributed by atoms with Crippen molar-refractivity contribution in [1.82, 2.24) is 0 Å². The number of carboxylic acids is 1. The second-order valence-electron chi connectivity index (χ2n) is 5.05. The number of rotatable bonds is 7. The zero-order chi connectivity index (χ0) is 16.8. The third-order valence-electron chi connectivity index (χ3n) is 3.71. The van der Waals surface area contributed by atoms with Gasteiger partial charge in [0.25, 0.3) is 0 Å². The van der Waals surface area contributed by atoms with Crippen molar-refractivity contribution in [3.63, 3.8) is 0 Å². The molecule has 1 unspecified atom stereocenters. The van der Waals surface area contributed by atoms with Crippen LogP contribution in [0.15, 0.2) is 42.5 Å². The van der Waals surface area contributed by atoms with Crippen molar-refractivity contribution in [2.24, 2.45) is 0 Å². The van der Waals surface area contributed by atoms with E-state index in [9.17, 15) is 9.90 Å². The molecule has 5 nitrogen and oxygen atoms in total. The monoisotopic (exact) mass is 316 g/mol. The molecular weight excluding hydrogens is 296 g/mol. The number of hydrogen-bond acceptors (Lipinski definition) is 4. The van der Waals surface area contributed by atoms with Crippen molar-refractivity contribution >= 4 is 5.97 Å². The summed E-state index contributed by atoms with van der Waals surface area (Å²) in [6.45, 7) is 0. The van der Waals surface area contributed by atoms with Gasteiger partial charge in [-0.05, 0) is 42.3 Å². The molecule has 0 aromatic heterocycles. The van der Waals surface area contributed by atoms with Crippen LogP contribution in [0.4, 0.5) is 0 Å². The minimum atomic E-state index is -0.910. The fourth-order valence-corrected chi connectivity index (χ4v) is 2.44. The molecular formula is C18H20O5. The summed E-state index contributed by atoms with van der Waals surface area (Å²) in [5, 5.41) is 9.65. The van der Waals surface area contributed by atoms with E-state index in [0.717, 1.165) is 11.3 Å². The first-order chi connectivity index (χ1) is 11.1. The lowest BCUT2D eigenvalue weighted by Crippen LogP contribution is -2.15. The third-order valence-corrected chi connectivity index (χ3v) is 3.71.